The molecule has 1 amide bonds. The van der Waals surface area contributed by atoms with E-state index in [9.17, 15) is 19.6 Å². The number of benzene rings is 1. The lowest BCUT2D eigenvalue weighted by molar-refractivity contribution is -0.137. The van der Waals surface area contributed by atoms with Crippen molar-refractivity contribution in [2.45, 2.75) is 26.8 Å². The van der Waals surface area contributed by atoms with Crippen molar-refractivity contribution in [1.82, 2.24) is 9.47 Å². The smallest absolute Gasteiger partial charge is 0.305 e. The fraction of sp³-hybridized carbons (Fsp3) is 0.346. The van der Waals surface area contributed by atoms with Crippen molar-refractivity contribution >= 4 is 57.8 Å². The van der Waals surface area contributed by atoms with Gasteiger partial charge in [0.1, 0.15) is 21.8 Å². The summed E-state index contributed by atoms with van der Waals surface area (Å²) in [4.78, 5) is 43.4. The summed E-state index contributed by atoms with van der Waals surface area (Å²) >= 11 is 6.44. The highest BCUT2D eigenvalue weighted by Crippen LogP contribution is 2.36. The van der Waals surface area contributed by atoms with E-state index in [1.54, 1.807) is 17.6 Å². The topological polar surface area (TPSA) is 110 Å². The molecule has 0 atom stereocenters. The second-order valence-electron chi connectivity index (χ2n) is 8.69. The first-order valence-electron chi connectivity index (χ1n) is 12.0. The molecule has 37 heavy (non-hydrogen) atoms. The summed E-state index contributed by atoms with van der Waals surface area (Å²) in [5.41, 5.74) is 1.96. The van der Waals surface area contributed by atoms with Crippen LogP contribution in [-0.4, -0.2) is 63.5 Å². The summed E-state index contributed by atoms with van der Waals surface area (Å²) in [6.07, 6.45) is 1.48. The van der Waals surface area contributed by atoms with Crippen LogP contribution in [0.1, 0.15) is 30.0 Å². The molecule has 0 unspecified atom stereocenters. The normalized spacial score (nSPS) is 17.0. The molecule has 3 heterocycles. The van der Waals surface area contributed by atoms with Crippen molar-refractivity contribution in [3.8, 4) is 6.07 Å². The number of anilines is 2. The Balaban J connectivity index is 1.74. The summed E-state index contributed by atoms with van der Waals surface area (Å²) in [5.74, 6) is -0.713. The van der Waals surface area contributed by atoms with E-state index >= 15 is 0 Å². The Bertz CT molecular complexity index is 1370. The Morgan fingerprint density at radius 3 is 2.41 bits per heavy atom. The molecule has 0 saturated carbocycles. The van der Waals surface area contributed by atoms with Gasteiger partial charge in [0.05, 0.1) is 11.3 Å². The predicted molar refractivity (Wildman–Crippen MR) is 149 cm³/mol. The monoisotopic (exact) mass is 537 g/mol. The summed E-state index contributed by atoms with van der Waals surface area (Å²) in [6.45, 7) is 6.73. The lowest BCUT2D eigenvalue weighted by atomic mass is 10.0. The van der Waals surface area contributed by atoms with Crippen LogP contribution in [0.4, 0.5) is 11.5 Å². The van der Waals surface area contributed by atoms with Crippen LogP contribution < -0.4 is 15.4 Å². The molecule has 2 aliphatic rings. The number of nitrogens with zero attached hydrogens (tertiary/aromatic N) is 5. The molecule has 2 aromatic rings. The van der Waals surface area contributed by atoms with Crippen molar-refractivity contribution in [1.29, 1.82) is 5.26 Å². The third kappa shape index (κ3) is 5.26. The molecule has 11 heteroatoms. The maximum absolute atomic E-state index is 13.2. The summed E-state index contributed by atoms with van der Waals surface area (Å²) in [6, 6.07) is 12.2. The molecule has 1 aromatic heterocycles. The number of aromatic nitrogens is 1. The number of carbonyl (C=O) groups excluding carboxylic acids is 1. The summed E-state index contributed by atoms with van der Waals surface area (Å²) < 4.78 is 1.89. The van der Waals surface area contributed by atoms with E-state index in [4.69, 9.17) is 17.3 Å². The van der Waals surface area contributed by atoms with Crippen molar-refractivity contribution in [2.24, 2.45) is 0 Å². The lowest BCUT2D eigenvalue weighted by Gasteiger charge is -2.39. The zero-order chi connectivity index (χ0) is 26.7. The van der Waals surface area contributed by atoms with E-state index in [1.165, 1.54) is 4.90 Å². The number of hydrogen-bond donors (Lipinski definition) is 1. The molecule has 1 aromatic carbocycles. The van der Waals surface area contributed by atoms with Crippen LogP contribution in [0.5, 0.6) is 0 Å². The van der Waals surface area contributed by atoms with Gasteiger partial charge in [-0.1, -0.05) is 42.2 Å². The highest BCUT2D eigenvalue weighted by molar-refractivity contribution is 8.26. The van der Waals surface area contributed by atoms with Crippen molar-refractivity contribution in [3.63, 3.8) is 0 Å². The third-order valence-electron chi connectivity index (χ3n) is 6.56. The zero-order valence-corrected chi connectivity index (χ0v) is 22.3. The quantitative estimate of drug-likeness (QED) is 0.421. The Morgan fingerprint density at radius 2 is 1.81 bits per heavy atom. The number of rotatable bonds is 7. The van der Waals surface area contributed by atoms with Gasteiger partial charge in [0.2, 0.25) is 0 Å². The summed E-state index contributed by atoms with van der Waals surface area (Å²) in [5, 5.41) is 18.8. The number of carboxylic acids is 1. The zero-order valence-electron chi connectivity index (χ0n) is 20.6. The standard InChI is InChI=1S/C26H27N5O4S2/c1-3-30-23(29-13-11-28(12-14-29)18-7-5-4-6-8-18)19(17(2)20(16-27)24(30)34)15-21-25(35)31(26(36)37-21)10-9-22(32)33/h4-8,15H,3,9-14H2,1-2H3,(H,32,33)/b21-15-. The Labute approximate surface area is 224 Å². The molecule has 0 radical (unpaired) electrons. The van der Waals surface area contributed by atoms with E-state index in [0.29, 0.717) is 41.5 Å². The highest BCUT2D eigenvalue weighted by atomic mass is 32.2. The van der Waals surface area contributed by atoms with E-state index in [2.05, 4.69) is 21.9 Å². The largest absolute Gasteiger partial charge is 0.481 e. The van der Waals surface area contributed by atoms with E-state index in [1.807, 2.05) is 31.2 Å². The average Bonchev–Trinajstić information content (AvgIpc) is 3.16. The minimum absolute atomic E-state index is 0.0114. The molecule has 2 fully saturated rings. The highest BCUT2D eigenvalue weighted by Gasteiger charge is 2.33. The molecular formula is C26H27N5O4S2. The molecule has 9 nitrogen and oxygen atoms in total. The van der Waals surface area contributed by atoms with E-state index < -0.39 is 5.97 Å². The van der Waals surface area contributed by atoms with Gasteiger partial charge in [0.25, 0.3) is 11.5 Å². The molecule has 0 bridgehead atoms. The Hall–Kier alpha value is -3.62. The van der Waals surface area contributed by atoms with Crippen LogP contribution >= 0.6 is 24.0 Å². The van der Waals surface area contributed by atoms with Gasteiger partial charge in [0.15, 0.2) is 0 Å². The molecular weight excluding hydrogens is 510 g/mol. The van der Waals surface area contributed by atoms with Crippen LogP contribution in [0.3, 0.4) is 0 Å². The number of piperazine rings is 1. The molecule has 4 rings (SSSR count). The maximum Gasteiger partial charge on any atom is 0.305 e. The molecule has 2 saturated heterocycles. The maximum atomic E-state index is 13.2. The minimum atomic E-state index is -1.01. The predicted octanol–water partition coefficient (Wildman–Crippen LogP) is 3.05. The van der Waals surface area contributed by atoms with Crippen molar-refractivity contribution < 1.29 is 14.7 Å². The number of amides is 1. The Kier molecular flexibility index (Phi) is 8.00. The SMILES string of the molecule is CCn1c(N2CCN(c3ccccc3)CC2)c(/C=C2\SC(=S)N(CCC(=O)O)C2=O)c(C)c(C#N)c1=O. The molecule has 192 valence electrons. The second kappa shape index (κ2) is 11.2. The first-order valence-corrected chi connectivity index (χ1v) is 13.2. The van der Waals surface area contributed by atoms with Gasteiger partial charge in [-0.3, -0.25) is 23.9 Å². The molecule has 0 aliphatic carbocycles. The van der Waals surface area contributed by atoms with Crippen LogP contribution in [0.25, 0.3) is 6.08 Å². The van der Waals surface area contributed by atoms with Crippen molar-refractivity contribution in [3.05, 3.63) is 62.3 Å². The van der Waals surface area contributed by atoms with Gasteiger partial charge in [-0.2, -0.15) is 5.26 Å². The van der Waals surface area contributed by atoms with Gasteiger partial charge in [-0.15, -0.1) is 0 Å². The van der Waals surface area contributed by atoms with E-state index in [0.717, 1.165) is 30.5 Å². The van der Waals surface area contributed by atoms with Gasteiger partial charge in [0, 0.05) is 50.5 Å². The molecule has 1 N–H and O–H groups in total. The van der Waals surface area contributed by atoms with Gasteiger partial charge < -0.3 is 14.9 Å². The number of pyridine rings is 1. The first-order chi connectivity index (χ1) is 17.8. The first kappa shape index (κ1) is 26.4. The number of carboxylic acid groups (broad SMARTS) is 1. The Morgan fingerprint density at radius 1 is 1.16 bits per heavy atom. The van der Waals surface area contributed by atoms with Crippen LogP contribution in [0, 0.1) is 18.3 Å². The number of carbonyl (C=O) groups is 2. The fourth-order valence-corrected chi connectivity index (χ4v) is 5.92. The second-order valence-corrected chi connectivity index (χ2v) is 10.4. The lowest BCUT2D eigenvalue weighted by Crippen LogP contribution is -2.48. The molecule has 0 spiro atoms. The van der Waals surface area contributed by atoms with E-state index in [-0.39, 0.29) is 34.3 Å². The van der Waals surface area contributed by atoms with Crippen LogP contribution in [0.15, 0.2) is 40.0 Å². The van der Waals surface area contributed by atoms with Gasteiger partial charge >= 0.3 is 5.97 Å². The van der Waals surface area contributed by atoms with Gasteiger partial charge in [-0.05, 0) is 37.6 Å². The number of thioether (sulfide) groups is 1. The molecule has 2 aliphatic heterocycles. The third-order valence-corrected chi connectivity index (χ3v) is 7.94. The average molecular weight is 538 g/mol. The minimum Gasteiger partial charge on any atom is -0.481 e. The van der Waals surface area contributed by atoms with Gasteiger partial charge in [-0.25, -0.2) is 0 Å². The van der Waals surface area contributed by atoms with Crippen LogP contribution in [-0.2, 0) is 16.1 Å². The number of para-hydroxylation sites is 1. The van der Waals surface area contributed by atoms with Crippen molar-refractivity contribution in [2.75, 3.05) is 42.5 Å². The number of hydrogen-bond acceptors (Lipinski definition) is 8. The number of nitriles is 1. The number of thiocarbonyl (C=S) groups is 1. The van der Waals surface area contributed by atoms with Crippen LogP contribution in [0.2, 0.25) is 0 Å². The summed E-state index contributed by atoms with van der Waals surface area (Å²) in [7, 11) is 0. The number of aliphatic carboxylic acids is 1. The fourth-order valence-electron chi connectivity index (χ4n) is 4.62.